The van der Waals surface area contributed by atoms with Gasteiger partial charge in [-0.2, -0.15) is 0 Å². The second-order valence-corrected chi connectivity index (χ2v) is 5.08. The summed E-state index contributed by atoms with van der Waals surface area (Å²) in [5.74, 6) is 1.06. The number of ether oxygens (including phenoxy) is 1. The number of hydrogen-bond donors (Lipinski definition) is 1. The molecule has 15 heavy (non-hydrogen) atoms. The summed E-state index contributed by atoms with van der Waals surface area (Å²) in [6, 6.07) is 0. The first kappa shape index (κ1) is 12.5. The third kappa shape index (κ3) is 3.82. The fourth-order valence-corrected chi connectivity index (χ4v) is 1.87. The molecule has 88 valence electrons. The predicted molar refractivity (Wildman–Crippen MR) is 60.5 cm³/mol. The molecular formula is C12H23NO2. The van der Waals surface area contributed by atoms with Gasteiger partial charge >= 0.3 is 5.97 Å². The van der Waals surface area contributed by atoms with E-state index in [2.05, 4.69) is 19.2 Å². The van der Waals surface area contributed by atoms with Crippen LogP contribution < -0.4 is 5.32 Å². The summed E-state index contributed by atoms with van der Waals surface area (Å²) in [6.07, 6.45) is 0.995. The van der Waals surface area contributed by atoms with Crippen molar-refractivity contribution in [2.75, 3.05) is 13.1 Å². The average Bonchev–Trinajstić information content (AvgIpc) is 1.98. The number of carbonyl (C=O) groups excluding carboxylic acids is 1. The molecule has 3 heteroatoms. The average molecular weight is 213 g/mol. The van der Waals surface area contributed by atoms with Crippen LogP contribution >= 0.6 is 0 Å². The fourth-order valence-electron chi connectivity index (χ4n) is 1.87. The largest absolute Gasteiger partial charge is 0.462 e. The molecule has 1 rings (SSSR count). The second kappa shape index (κ2) is 5.50. The molecule has 0 bridgehead atoms. The van der Waals surface area contributed by atoms with Crippen molar-refractivity contribution in [1.29, 1.82) is 0 Å². The van der Waals surface area contributed by atoms with Gasteiger partial charge in [0.15, 0.2) is 0 Å². The highest BCUT2D eigenvalue weighted by atomic mass is 16.5. The number of nitrogens with one attached hydrogen (secondary N) is 1. The summed E-state index contributed by atoms with van der Waals surface area (Å²) in [5.41, 5.74) is 0. The molecular weight excluding hydrogens is 190 g/mol. The van der Waals surface area contributed by atoms with Crippen molar-refractivity contribution in [3.8, 4) is 0 Å². The lowest BCUT2D eigenvalue weighted by atomic mass is 9.89. The van der Waals surface area contributed by atoms with E-state index < -0.39 is 0 Å². The van der Waals surface area contributed by atoms with Crippen LogP contribution in [0, 0.1) is 17.8 Å². The monoisotopic (exact) mass is 213 g/mol. The molecule has 0 aliphatic carbocycles. The molecule has 2 atom stereocenters. The van der Waals surface area contributed by atoms with Crippen LogP contribution in [-0.2, 0) is 9.53 Å². The molecule has 1 heterocycles. The van der Waals surface area contributed by atoms with Gasteiger partial charge in [0.25, 0.3) is 0 Å². The summed E-state index contributed by atoms with van der Waals surface area (Å²) < 4.78 is 5.41. The minimum Gasteiger partial charge on any atom is -0.462 e. The summed E-state index contributed by atoms with van der Waals surface area (Å²) >= 11 is 0. The zero-order valence-electron chi connectivity index (χ0n) is 10.2. The van der Waals surface area contributed by atoms with Crippen LogP contribution in [0.3, 0.4) is 0 Å². The molecule has 0 amide bonds. The first-order valence-electron chi connectivity index (χ1n) is 5.92. The fraction of sp³-hybridized carbons (Fsp3) is 0.917. The molecule has 0 aromatic heterocycles. The standard InChI is InChI=1S/C12H23NO2/c1-8(2)5-9(3)15-12(14)10(4)11-6-13-7-11/h8-11,13H,5-7H2,1-4H3. The second-order valence-electron chi connectivity index (χ2n) is 5.08. The van der Waals surface area contributed by atoms with Gasteiger partial charge in [-0.15, -0.1) is 0 Å². The third-order valence-electron chi connectivity index (χ3n) is 3.01. The summed E-state index contributed by atoms with van der Waals surface area (Å²) in [7, 11) is 0. The number of carbonyl (C=O) groups is 1. The van der Waals surface area contributed by atoms with Crippen molar-refractivity contribution < 1.29 is 9.53 Å². The van der Waals surface area contributed by atoms with E-state index in [-0.39, 0.29) is 18.0 Å². The van der Waals surface area contributed by atoms with Crippen molar-refractivity contribution >= 4 is 5.97 Å². The Balaban J connectivity index is 2.27. The molecule has 3 nitrogen and oxygen atoms in total. The van der Waals surface area contributed by atoms with Gasteiger partial charge in [-0.05, 0) is 38.3 Å². The van der Waals surface area contributed by atoms with E-state index in [1.54, 1.807) is 0 Å². The van der Waals surface area contributed by atoms with Gasteiger partial charge in [-0.1, -0.05) is 20.8 Å². The van der Waals surface area contributed by atoms with E-state index in [9.17, 15) is 4.79 Å². The SMILES string of the molecule is CC(C)CC(C)OC(=O)C(C)C1CNC1. The molecule has 2 unspecified atom stereocenters. The van der Waals surface area contributed by atoms with E-state index in [1.807, 2.05) is 13.8 Å². The number of rotatable bonds is 5. The zero-order valence-corrected chi connectivity index (χ0v) is 10.2. The molecule has 0 radical (unpaired) electrons. The Kier molecular flexibility index (Phi) is 4.58. The highest BCUT2D eigenvalue weighted by molar-refractivity contribution is 5.72. The van der Waals surface area contributed by atoms with E-state index in [0.717, 1.165) is 19.5 Å². The third-order valence-corrected chi connectivity index (χ3v) is 3.01. The van der Waals surface area contributed by atoms with Crippen LogP contribution in [-0.4, -0.2) is 25.2 Å². The zero-order chi connectivity index (χ0) is 11.4. The van der Waals surface area contributed by atoms with Crippen LogP contribution in [0.4, 0.5) is 0 Å². The first-order chi connectivity index (χ1) is 7.00. The van der Waals surface area contributed by atoms with Crippen molar-refractivity contribution in [2.45, 2.75) is 40.2 Å². The molecule has 1 aliphatic rings. The van der Waals surface area contributed by atoms with Crippen molar-refractivity contribution in [3.63, 3.8) is 0 Å². The molecule has 0 spiro atoms. The highest BCUT2D eigenvalue weighted by Crippen LogP contribution is 2.19. The van der Waals surface area contributed by atoms with Crippen molar-refractivity contribution in [1.82, 2.24) is 5.32 Å². The first-order valence-corrected chi connectivity index (χ1v) is 5.92. The van der Waals surface area contributed by atoms with E-state index in [0.29, 0.717) is 11.8 Å². The van der Waals surface area contributed by atoms with Gasteiger partial charge < -0.3 is 10.1 Å². The van der Waals surface area contributed by atoms with Crippen LogP contribution in [0.15, 0.2) is 0 Å². The van der Waals surface area contributed by atoms with Gasteiger partial charge in [0.05, 0.1) is 12.0 Å². The number of hydrogen-bond acceptors (Lipinski definition) is 3. The Bertz CT molecular complexity index is 212. The molecule has 0 aromatic rings. The Hall–Kier alpha value is -0.570. The lowest BCUT2D eigenvalue weighted by Gasteiger charge is -2.32. The molecule has 1 saturated heterocycles. The molecule has 1 fully saturated rings. The Morgan fingerprint density at radius 1 is 1.33 bits per heavy atom. The summed E-state index contributed by atoms with van der Waals surface area (Å²) in [6.45, 7) is 10.1. The van der Waals surface area contributed by atoms with Crippen LogP contribution in [0.25, 0.3) is 0 Å². The topological polar surface area (TPSA) is 38.3 Å². The molecule has 1 N–H and O–H groups in total. The Labute approximate surface area is 92.6 Å². The molecule has 0 saturated carbocycles. The highest BCUT2D eigenvalue weighted by Gasteiger charge is 2.30. The maximum Gasteiger partial charge on any atom is 0.309 e. The van der Waals surface area contributed by atoms with Gasteiger partial charge in [0.1, 0.15) is 0 Å². The van der Waals surface area contributed by atoms with E-state index in [1.165, 1.54) is 0 Å². The minimum absolute atomic E-state index is 0.0327. The molecule has 1 aliphatic heterocycles. The smallest absolute Gasteiger partial charge is 0.309 e. The Morgan fingerprint density at radius 3 is 2.33 bits per heavy atom. The number of esters is 1. The van der Waals surface area contributed by atoms with Crippen molar-refractivity contribution in [2.24, 2.45) is 17.8 Å². The summed E-state index contributed by atoms with van der Waals surface area (Å²) in [5, 5.41) is 3.17. The lowest BCUT2D eigenvalue weighted by molar-refractivity contribution is -0.155. The quantitative estimate of drug-likeness (QED) is 0.708. The van der Waals surface area contributed by atoms with Gasteiger partial charge in [-0.25, -0.2) is 0 Å². The van der Waals surface area contributed by atoms with E-state index >= 15 is 0 Å². The van der Waals surface area contributed by atoms with Crippen LogP contribution in [0.5, 0.6) is 0 Å². The normalized spacial score (nSPS) is 20.9. The van der Waals surface area contributed by atoms with Crippen molar-refractivity contribution in [3.05, 3.63) is 0 Å². The Morgan fingerprint density at radius 2 is 1.93 bits per heavy atom. The maximum absolute atomic E-state index is 11.7. The van der Waals surface area contributed by atoms with E-state index in [4.69, 9.17) is 4.74 Å². The van der Waals surface area contributed by atoms with Gasteiger partial charge in [-0.3, -0.25) is 4.79 Å². The minimum atomic E-state index is -0.0327. The maximum atomic E-state index is 11.7. The van der Waals surface area contributed by atoms with Gasteiger partial charge in [0, 0.05) is 0 Å². The molecule has 0 aromatic carbocycles. The van der Waals surface area contributed by atoms with Crippen LogP contribution in [0.1, 0.15) is 34.1 Å². The lowest BCUT2D eigenvalue weighted by Crippen LogP contribution is -2.48. The van der Waals surface area contributed by atoms with Crippen LogP contribution in [0.2, 0.25) is 0 Å². The predicted octanol–water partition coefficient (Wildman–Crippen LogP) is 1.82. The summed E-state index contributed by atoms with van der Waals surface area (Å²) in [4.78, 5) is 11.7. The van der Waals surface area contributed by atoms with Gasteiger partial charge in [0.2, 0.25) is 0 Å².